The molecule has 0 saturated heterocycles. The van der Waals surface area contributed by atoms with E-state index in [2.05, 4.69) is 26.6 Å². The zero-order valence-electron chi connectivity index (χ0n) is 16.3. The fourth-order valence-corrected chi connectivity index (χ4v) is 4.74. The fraction of sp³-hybridized carbons (Fsp3) is 0.353. The lowest BCUT2D eigenvalue weighted by Gasteiger charge is -2.26. The van der Waals surface area contributed by atoms with Crippen molar-refractivity contribution in [3.8, 4) is 0 Å². The number of sulfonamides is 1. The second-order valence-electron chi connectivity index (χ2n) is 6.12. The van der Waals surface area contributed by atoms with Crippen LogP contribution in [0.4, 0.5) is 13.6 Å². The highest BCUT2D eigenvalue weighted by atomic mass is 79.9. The van der Waals surface area contributed by atoms with Crippen molar-refractivity contribution in [2.75, 3.05) is 19.8 Å². The highest BCUT2D eigenvalue weighted by Gasteiger charge is 2.30. The van der Waals surface area contributed by atoms with Gasteiger partial charge in [0.05, 0.1) is 23.9 Å². The van der Waals surface area contributed by atoms with Gasteiger partial charge in [-0.2, -0.15) is 4.72 Å². The molecular formula is C17H18BrF2N3O7S. The van der Waals surface area contributed by atoms with E-state index in [0.717, 1.165) is 6.07 Å². The van der Waals surface area contributed by atoms with Crippen LogP contribution < -0.4 is 15.4 Å². The van der Waals surface area contributed by atoms with Crippen LogP contribution in [-0.2, 0) is 29.1 Å². The third-order valence-corrected chi connectivity index (χ3v) is 6.25. The Bertz CT molecular complexity index is 1020. The SMILES string of the molecule is CCOC(=O)C1=C(COC(=O)CNS(=O)(=O)c2c(F)cc(F)cc2Br)NC(=O)N[C@H]1C. The Kier molecular flexibility index (Phi) is 8.08. The molecule has 0 radical (unpaired) electrons. The number of nitrogens with one attached hydrogen (secondary N) is 3. The molecule has 0 spiro atoms. The molecule has 2 rings (SSSR count). The molecule has 1 aliphatic heterocycles. The Hall–Kier alpha value is -2.58. The summed E-state index contributed by atoms with van der Waals surface area (Å²) in [5.41, 5.74) is 0.00498. The summed E-state index contributed by atoms with van der Waals surface area (Å²) in [6, 6.07) is -0.231. The van der Waals surface area contributed by atoms with Crippen LogP contribution in [0.1, 0.15) is 13.8 Å². The van der Waals surface area contributed by atoms with Crippen molar-refractivity contribution in [2.45, 2.75) is 24.8 Å². The molecule has 0 aliphatic carbocycles. The van der Waals surface area contributed by atoms with E-state index in [9.17, 15) is 31.6 Å². The van der Waals surface area contributed by atoms with Gasteiger partial charge in [-0.1, -0.05) is 0 Å². The van der Waals surface area contributed by atoms with Gasteiger partial charge >= 0.3 is 18.0 Å². The maximum atomic E-state index is 13.9. The van der Waals surface area contributed by atoms with Crippen LogP contribution in [0.5, 0.6) is 0 Å². The van der Waals surface area contributed by atoms with E-state index in [1.807, 2.05) is 4.72 Å². The van der Waals surface area contributed by atoms with Crippen molar-refractivity contribution in [1.29, 1.82) is 0 Å². The summed E-state index contributed by atoms with van der Waals surface area (Å²) in [4.78, 5) is 34.8. The standard InChI is InChI=1S/C17H18BrF2N3O7S/c1-3-29-16(25)14-8(2)22-17(26)23-12(14)7-30-13(24)6-21-31(27,28)15-10(18)4-9(19)5-11(15)20/h4-5,8,21H,3,6-7H2,1-2H3,(H2,22,23,26)/t8-/m0/s1. The maximum Gasteiger partial charge on any atom is 0.338 e. The van der Waals surface area contributed by atoms with E-state index in [0.29, 0.717) is 6.07 Å². The van der Waals surface area contributed by atoms with Crippen molar-refractivity contribution in [3.63, 3.8) is 0 Å². The molecule has 14 heteroatoms. The van der Waals surface area contributed by atoms with Crippen molar-refractivity contribution in [2.24, 2.45) is 0 Å². The number of amides is 2. The quantitative estimate of drug-likeness (QED) is 0.431. The molecule has 0 aromatic heterocycles. The van der Waals surface area contributed by atoms with Crippen LogP contribution in [0.2, 0.25) is 0 Å². The van der Waals surface area contributed by atoms with Gasteiger partial charge in [0.2, 0.25) is 10.0 Å². The number of hydrogen-bond acceptors (Lipinski definition) is 7. The predicted molar refractivity (Wildman–Crippen MR) is 105 cm³/mol. The van der Waals surface area contributed by atoms with Gasteiger partial charge in [0.1, 0.15) is 29.7 Å². The number of hydrogen-bond donors (Lipinski definition) is 3. The molecule has 1 aromatic carbocycles. The molecule has 0 unspecified atom stereocenters. The topological polar surface area (TPSA) is 140 Å². The monoisotopic (exact) mass is 525 g/mol. The van der Waals surface area contributed by atoms with Crippen molar-refractivity contribution >= 4 is 43.9 Å². The van der Waals surface area contributed by atoms with Gasteiger partial charge in [-0.3, -0.25) is 4.79 Å². The molecule has 2 amide bonds. The van der Waals surface area contributed by atoms with Crippen LogP contribution in [0.15, 0.2) is 32.8 Å². The number of halogens is 3. The Labute approximate surface area is 184 Å². The number of benzene rings is 1. The van der Waals surface area contributed by atoms with Crippen LogP contribution in [-0.4, -0.2) is 52.2 Å². The van der Waals surface area contributed by atoms with Gasteiger partial charge in [0.15, 0.2) is 0 Å². The smallest absolute Gasteiger partial charge is 0.338 e. The lowest BCUT2D eigenvalue weighted by molar-refractivity contribution is -0.142. The summed E-state index contributed by atoms with van der Waals surface area (Å²) >= 11 is 2.76. The minimum absolute atomic E-state index is 0.0294. The van der Waals surface area contributed by atoms with Crippen molar-refractivity contribution in [1.82, 2.24) is 15.4 Å². The van der Waals surface area contributed by atoms with Crippen LogP contribution in [0.25, 0.3) is 0 Å². The number of carbonyl (C=O) groups is 3. The number of esters is 2. The number of carbonyl (C=O) groups excluding carboxylic acids is 3. The van der Waals surface area contributed by atoms with Gasteiger partial charge in [-0.05, 0) is 35.8 Å². The number of ether oxygens (including phenoxy) is 2. The molecule has 0 saturated carbocycles. The second kappa shape index (κ2) is 10.2. The summed E-state index contributed by atoms with van der Waals surface area (Å²) in [5.74, 6) is -4.17. The Balaban J connectivity index is 2.08. The van der Waals surface area contributed by atoms with Crippen LogP contribution in [0, 0.1) is 11.6 Å². The van der Waals surface area contributed by atoms with Gasteiger partial charge < -0.3 is 20.1 Å². The molecule has 1 aliphatic rings. The second-order valence-corrected chi connectivity index (χ2v) is 8.67. The normalized spacial score (nSPS) is 16.4. The summed E-state index contributed by atoms with van der Waals surface area (Å²) < 4.78 is 62.8. The molecule has 31 heavy (non-hydrogen) atoms. The first-order valence-corrected chi connectivity index (χ1v) is 11.0. The molecule has 3 N–H and O–H groups in total. The Morgan fingerprint density at radius 2 is 1.94 bits per heavy atom. The summed E-state index contributed by atoms with van der Waals surface area (Å²) in [5, 5.41) is 4.79. The van der Waals surface area contributed by atoms with E-state index in [1.54, 1.807) is 6.92 Å². The predicted octanol–water partition coefficient (Wildman–Crippen LogP) is 1.07. The molecule has 0 bridgehead atoms. The number of rotatable bonds is 8. The fourth-order valence-electron chi connectivity index (χ4n) is 2.61. The van der Waals surface area contributed by atoms with Crippen molar-refractivity contribution in [3.05, 3.63) is 39.5 Å². The highest BCUT2D eigenvalue weighted by molar-refractivity contribution is 9.10. The molecular weight excluding hydrogens is 508 g/mol. The summed E-state index contributed by atoms with van der Waals surface area (Å²) in [6.45, 7) is 1.74. The van der Waals surface area contributed by atoms with E-state index in [4.69, 9.17) is 9.47 Å². The molecule has 1 heterocycles. The van der Waals surface area contributed by atoms with E-state index in [1.165, 1.54) is 6.92 Å². The lowest BCUT2D eigenvalue weighted by Crippen LogP contribution is -2.50. The van der Waals surface area contributed by atoms with Gasteiger partial charge in [-0.15, -0.1) is 0 Å². The van der Waals surface area contributed by atoms with Crippen molar-refractivity contribution < 1.29 is 41.1 Å². The average molecular weight is 526 g/mol. The largest absolute Gasteiger partial charge is 0.463 e. The van der Waals surface area contributed by atoms with Crippen LogP contribution in [0.3, 0.4) is 0 Å². The summed E-state index contributed by atoms with van der Waals surface area (Å²) in [7, 11) is -4.53. The Morgan fingerprint density at radius 3 is 2.55 bits per heavy atom. The average Bonchev–Trinajstić information content (AvgIpc) is 2.63. The molecule has 170 valence electrons. The first-order chi connectivity index (χ1) is 14.5. The highest BCUT2D eigenvalue weighted by Crippen LogP contribution is 2.26. The maximum absolute atomic E-state index is 13.9. The summed E-state index contributed by atoms with van der Waals surface area (Å²) in [6.07, 6.45) is 0. The molecule has 0 fully saturated rings. The Morgan fingerprint density at radius 1 is 1.26 bits per heavy atom. The van der Waals surface area contributed by atoms with Gasteiger partial charge in [-0.25, -0.2) is 26.8 Å². The minimum Gasteiger partial charge on any atom is -0.463 e. The minimum atomic E-state index is -4.53. The number of urea groups is 1. The van der Waals surface area contributed by atoms with Crippen LogP contribution >= 0.6 is 15.9 Å². The first kappa shape index (κ1) is 24.7. The molecule has 10 nitrogen and oxygen atoms in total. The van der Waals surface area contributed by atoms with E-state index < -0.39 is 63.7 Å². The molecule has 1 atom stereocenters. The zero-order chi connectivity index (χ0) is 23.3. The molecule has 1 aromatic rings. The van der Waals surface area contributed by atoms with Gasteiger partial charge in [0.25, 0.3) is 0 Å². The third-order valence-electron chi connectivity index (χ3n) is 3.88. The van der Waals surface area contributed by atoms with Gasteiger partial charge in [0, 0.05) is 10.5 Å². The third kappa shape index (κ3) is 6.21. The lowest BCUT2D eigenvalue weighted by atomic mass is 10.0. The first-order valence-electron chi connectivity index (χ1n) is 8.73. The van der Waals surface area contributed by atoms with E-state index >= 15 is 0 Å². The van der Waals surface area contributed by atoms with E-state index in [-0.39, 0.29) is 22.3 Å². The zero-order valence-corrected chi connectivity index (χ0v) is 18.7.